The lowest BCUT2D eigenvalue weighted by molar-refractivity contribution is -0.173. The molecule has 1 saturated heterocycles. The van der Waals surface area contributed by atoms with Gasteiger partial charge in [0.2, 0.25) is 0 Å². The number of methoxy groups -OCH3 is 1. The highest BCUT2D eigenvalue weighted by Crippen LogP contribution is 2.33. The van der Waals surface area contributed by atoms with Gasteiger partial charge < -0.3 is 14.3 Å². The third kappa shape index (κ3) is 4.77. The summed E-state index contributed by atoms with van der Waals surface area (Å²) in [6.45, 7) is 3.19. The molecular weight excluding hydrogens is 358 g/mol. The lowest BCUT2D eigenvalue weighted by Gasteiger charge is -2.37. The first kappa shape index (κ1) is 20.0. The molecule has 2 aromatic carbocycles. The van der Waals surface area contributed by atoms with Gasteiger partial charge in [0.15, 0.2) is 0 Å². The van der Waals surface area contributed by atoms with Gasteiger partial charge in [-0.05, 0) is 49.6 Å². The van der Waals surface area contributed by atoms with Crippen molar-refractivity contribution in [1.82, 2.24) is 5.06 Å². The summed E-state index contributed by atoms with van der Waals surface area (Å²) in [6, 6.07) is 16.0. The first-order chi connectivity index (χ1) is 13.6. The number of carbonyl (C=O) groups excluding carboxylic acids is 2. The fourth-order valence-corrected chi connectivity index (χ4v) is 3.40. The van der Waals surface area contributed by atoms with Gasteiger partial charge >= 0.3 is 11.9 Å². The Hall–Kier alpha value is -2.70. The predicted octanol–water partition coefficient (Wildman–Crippen LogP) is 3.79. The van der Waals surface area contributed by atoms with E-state index in [4.69, 9.17) is 14.3 Å². The van der Waals surface area contributed by atoms with Gasteiger partial charge in [0.05, 0.1) is 30.4 Å². The maximum atomic E-state index is 12.5. The molecule has 0 spiro atoms. The predicted molar refractivity (Wildman–Crippen MR) is 104 cm³/mol. The Labute approximate surface area is 165 Å². The van der Waals surface area contributed by atoms with E-state index < -0.39 is 0 Å². The average Bonchev–Trinajstić information content (AvgIpc) is 2.75. The first-order valence-electron chi connectivity index (χ1n) is 9.46. The molecule has 2 atom stereocenters. The van der Waals surface area contributed by atoms with Gasteiger partial charge in [-0.1, -0.05) is 30.3 Å². The lowest BCUT2D eigenvalue weighted by atomic mass is 9.94. The molecule has 2 unspecified atom stereocenters. The summed E-state index contributed by atoms with van der Waals surface area (Å²) < 4.78 is 10.6. The van der Waals surface area contributed by atoms with Crippen LogP contribution in [0.1, 0.15) is 52.1 Å². The van der Waals surface area contributed by atoms with E-state index in [1.807, 2.05) is 25.1 Å². The topological polar surface area (TPSA) is 65.1 Å². The maximum absolute atomic E-state index is 12.5. The second-order valence-electron chi connectivity index (χ2n) is 6.62. The van der Waals surface area contributed by atoms with Crippen LogP contribution in [0.25, 0.3) is 0 Å². The molecule has 0 bridgehead atoms. The van der Waals surface area contributed by atoms with E-state index >= 15 is 0 Å². The molecule has 0 radical (unpaired) electrons. The molecule has 6 heteroatoms. The first-order valence-corrected chi connectivity index (χ1v) is 9.46. The molecule has 0 aromatic heterocycles. The standard InChI is InChI=1S/C22H25NO5/c1-3-27-19-13-14-23(28-22(25)17-7-5-4-6-8-17)20(15-19)16-9-11-18(12-10-16)21(24)26-2/h4-12,19-20H,3,13-15H2,1-2H3. The zero-order chi connectivity index (χ0) is 19.9. The Morgan fingerprint density at radius 2 is 1.68 bits per heavy atom. The second-order valence-corrected chi connectivity index (χ2v) is 6.62. The van der Waals surface area contributed by atoms with Crippen molar-refractivity contribution in [2.45, 2.75) is 31.9 Å². The molecule has 1 heterocycles. The van der Waals surface area contributed by atoms with Gasteiger partial charge in [-0.25, -0.2) is 9.59 Å². The number of carbonyl (C=O) groups is 2. The summed E-state index contributed by atoms with van der Waals surface area (Å²) in [6.07, 6.45) is 1.59. The summed E-state index contributed by atoms with van der Waals surface area (Å²) >= 11 is 0. The molecule has 0 saturated carbocycles. The molecule has 6 nitrogen and oxygen atoms in total. The summed E-state index contributed by atoms with van der Waals surface area (Å²) in [4.78, 5) is 29.9. The molecule has 2 aromatic rings. The number of benzene rings is 2. The third-order valence-corrected chi connectivity index (χ3v) is 4.83. The van der Waals surface area contributed by atoms with E-state index in [2.05, 4.69) is 0 Å². The number of hydroxylamine groups is 2. The van der Waals surface area contributed by atoms with E-state index in [0.29, 0.717) is 30.7 Å². The van der Waals surface area contributed by atoms with Gasteiger partial charge in [-0.3, -0.25) is 0 Å². The lowest BCUT2D eigenvalue weighted by Crippen LogP contribution is -2.41. The molecule has 0 amide bonds. The van der Waals surface area contributed by atoms with Crippen molar-refractivity contribution >= 4 is 11.9 Å². The Morgan fingerprint density at radius 3 is 2.32 bits per heavy atom. The average molecular weight is 383 g/mol. The normalized spacial score (nSPS) is 19.8. The molecule has 0 aliphatic carbocycles. The van der Waals surface area contributed by atoms with Crippen molar-refractivity contribution in [3.63, 3.8) is 0 Å². The van der Waals surface area contributed by atoms with Crippen LogP contribution in [0.5, 0.6) is 0 Å². The minimum Gasteiger partial charge on any atom is -0.465 e. The summed E-state index contributed by atoms with van der Waals surface area (Å²) in [5, 5.41) is 1.72. The van der Waals surface area contributed by atoms with Crippen LogP contribution in [0.15, 0.2) is 54.6 Å². The highest BCUT2D eigenvalue weighted by molar-refractivity contribution is 5.89. The number of rotatable bonds is 6. The number of hydrogen-bond donors (Lipinski definition) is 0. The molecule has 148 valence electrons. The highest BCUT2D eigenvalue weighted by atomic mass is 16.7. The Bertz CT molecular complexity index is 790. The third-order valence-electron chi connectivity index (χ3n) is 4.83. The number of ether oxygens (including phenoxy) is 2. The molecule has 1 fully saturated rings. The monoisotopic (exact) mass is 383 g/mol. The van der Waals surface area contributed by atoms with Crippen LogP contribution in [-0.2, 0) is 14.3 Å². The number of esters is 1. The zero-order valence-electron chi connectivity index (χ0n) is 16.2. The molecule has 28 heavy (non-hydrogen) atoms. The van der Waals surface area contributed by atoms with E-state index in [9.17, 15) is 9.59 Å². The fourth-order valence-electron chi connectivity index (χ4n) is 3.40. The molecular formula is C22H25NO5. The van der Waals surface area contributed by atoms with Crippen molar-refractivity contribution in [2.75, 3.05) is 20.3 Å². The number of nitrogens with zero attached hydrogens (tertiary/aromatic N) is 1. The van der Waals surface area contributed by atoms with Crippen molar-refractivity contribution in [3.05, 3.63) is 71.3 Å². The maximum Gasteiger partial charge on any atom is 0.357 e. The van der Waals surface area contributed by atoms with Crippen molar-refractivity contribution in [1.29, 1.82) is 0 Å². The minimum atomic E-state index is -0.383. The largest absolute Gasteiger partial charge is 0.465 e. The molecule has 1 aliphatic rings. The number of hydrogen-bond acceptors (Lipinski definition) is 6. The SMILES string of the molecule is CCOC1CCN(OC(=O)c2ccccc2)C(c2ccc(C(=O)OC)cc2)C1. The van der Waals surface area contributed by atoms with Crippen molar-refractivity contribution in [3.8, 4) is 0 Å². The summed E-state index contributed by atoms with van der Waals surface area (Å²) in [5.74, 6) is -0.763. The van der Waals surface area contributed by atoms with E-state index in [1.165, 1.54) is 7.11 Å². The second kappa shape index (κ2) is 9.48. The summed E-state index contributed by atoms with van der Waals surface area (Å²) in [5.41, 5.74) is 1.95. The Morgan fingerprint density at radius 1 is 1.00 bits per heavy atom. The zero-order valence-corrected chi connectivity index (χ0v) is 16.2. The van der Waals surface area contributed by atoms with Crippen LogP contribution in [0, 0.1) is 0 Å². The van der Waals surface area contributed by atoms with Crippen molar-refractivity contribution in [2.24, 2.45) is 0 Å². The van der Waals surface area contributed by atoms with E-state index in [1.54, 1.807) is 41.5 Å². The smallest absolute Gasteiger partial charge is 0.357 e. The quantitative estimate of drug-likeness (QED) is 0.707. The molecule has 1 aliphatic heterocycles. The van der Waals surface area contributed by atoms with Gasteiger partial charge in [0.1, 0.15) is 0 Å². The molecule has 3 rings (SSSR count). The van der Waals surface area contributed by atoms with Crippen LogP contribution in [0.2, 0.25) is 0 Å². The van der Waals surface area contributed by atoms with Crippen LogP contribution >= 0.6 is 0 Å². The van der Waals surface area contributed by atoms with Crippen LogP contribution in [0.3, 0.4) is 0 Å². The van der Waals surface area contributed by atoms with Crippen LogP contribution in [0.4, 0.5) is 0 Å². The van der Waals surface area contributed by atoms with E-state index in [0.717, 1.165) is 12.0 Å². The Kier molecular flexibility index (Phi) is 6.79. The molecule has 0 N–H and O–H groups in total. The van der Waals surface area contributed by atoms with Gasteiger partial charge in [0, 0.05) is 13.2 Å². The van der Waals surface area contributed by atoms with Crippen LogP contribution in [-0.4, -0.2) is 43.4 Å². The van der Waals surface area contributed by atoms with Gasteiger partial charge in [-0.15, -0.1) is 5.06 Å². The Balaban J connectivity index is 1.79. The highest BCUT2D eigenvalue weighted by Gasteiger charge is 2.33. The van der Waals surface area contributed by atoms with Gasteiger partial charge in [0.25, 0.3) is 0 Å². The van der Waals surface area contributed by atoms with Crippen molar-refractivity contribution < 1.29 is 23.9 Å². The van der Waals surface area contributed by atoms with E-state index in [-0.39, 0.29) is 24.1 Å². The van der Waals surface area contributed by atoms with Gasteiger partial charge in [-0.2, -0.15) is 0 Å². The van der Waals surface area contributed by atoms with Crippen LogP contribution < -0.4 is 0 Å². The number of piperidine rings is 1. The fraction of sp³-hybridized carbons (Fsp3) is 0.364. The minimum absolute atomic E-state index is 0.0990. The summed E-state index contributed by atoms with van der Waals surface area (Å²) in [7, 11) is 1.36.